The van der Waals surface area contributed by atoms with E-state index in [9.17, 15) is 24.3 Å². The van der Waals surface area contributed by atoms with Crippen LogP contribution in [0, 0.1) is 0 Å². The molecule has 19 heteroatoms. The van der Waals surface area contributed by atoms with Gasteiger partial charge in [-0.3, -0.25) is 24.6 Å². The number of carboxylic acid groups (broad SMARTS) is 1. The summed E-state index contributed by atoms with van der Waals surface area (Å²) in [7, 11) is 1.25. The number of oxime groups is 1. The van der Waals surface area contributed by atoms with Gasteiger partial charge in [0.15, 0.2) is 23.8 Å². The number of hydrogen-bond acceptors (Lipinski definition) is 14. The van der Waals surface area contributed by atoms with Crippen molar-refractivity contribution in [3.05, 3.63) is 59.0 Å². The third-order valence-corrected chi connectivity index (χ3v) is 9.08. The highest BCUT2D eigenvalue weighted by atomic mass is 32.2. The molecule has 1 aromatic carbocycles. The number of para-hydroxylation sites is 1. The number of aromatic nitrogens is 5. The second kappa shape index (κ2) is 13.2. The summed E-state index contributed by atoms with van der Waals surface area (Å²) in [5, 5.41) is 31.0. The second-order valence-electron chi connectivity index (χ2n) is 8.79. The van der Waals surface area contributed by atoms with Gasteiger partial charge in [-0.05, 0) is 29.8 Å². The van der Waals surface area contributed by atoms with E-state index in [1.807, 2.05) is 6.07 Å². The Balaban J connectivity index is 1.23. The number of tetrazole rings is 1. The molecule has 0 aliphatic carbocycles. The zero-order valence-electron chi connectivity index (χ0n) is 22.4. The summed E-state index contributed by atoms with van der Waals surface area (Å²) >= 11 is 3.52. The summed E-state index contributed by atoms with van der Waals surface area (Å²) in [4.78, 5) is 61.1. The van der Waals surface area contributed by atoms with Crippen LogP contribution in [0.5, 0.6) is 5.75 Å². The first kappa shape index (κ1) is 30.0. The lowest BCUT2D eigenvalue weighted by Crippen LogP contribution is -2.71. The summed E-state index contributed by atoms with van der Waals surface area (Å²) in [5.41, 5.74) is 0.250. The van der Waals surface area contributed by atoms with Crippen LogP contribution in [0.2, 0.25) is 0 Å². The lowest BCUT2D eigenvalue weighted by Gasteiger charge is -2.49. The Kier molecular flexibility index (Phi) is 9.22. The Hall–Kier alpha value is -4.49. The smallest absolute Gasteiger partial charge is 0.352 e. The molecule has 1 fully saturated rings. The van der Waals surface area contributed by atoms with Gasteiger partial charge in [-0.25, -0.2) is 9.78 Å². The van der Waals surface area contributed by atoms with Gasteiger partial charge in [0, 0.05) is 28.3 Å². The molecule has 0 radical (unpaired) electrons. The Morgan fingerprint density at radius 2 is 2.07 bits per heavy atom. The highest BCUT2D eigenvalue weighted by molar-refractivity contribution is 8.00. The number of carbonyl (C=O) groups is 4. The molecule has 0 spiro atoms. The fourth-order valence-corrected chi connectivity index (χ4v) is 7.21. The Morgan fingerprint density at radius 1 is 1.28 bits per heavy atom. The number of amides is 3. The molecular formula is C24H23N9O7S3. The molecule has 0 saturated carbocycles. The fraction of sp³-hybridized carbons (Fsp3) is 0.292. The van der Waals surface area contributed by atoms with Gasteiger partial charge in [0.1, 0.15) is 35.7 Å². The zero-order valence-corrected chi connectivity index (χ0v) is 24.9. The van der Waals surface area contributed by atoms with Crippen molar-refractivity contribution in [3.63, 3.8) is 0 Å². The fourth-order valence-electron chi connectivity index (χ4n) is 4.13. The maximum atomic E-state index is 13.2. The number of nitrogens with one attached hydrogen (secondary N) is 2. The number of thioether (sulfide) groups is 1. The number of thiazole rings is 1. The molecule has 2 aromatic heterocycles. The van der Waals surface area contributed by atoms with Crippen LogP contribution in [0.4, 0.5) is 5.13 Å². The normalized spacial score (nSPS) is 18.8. The summed E-state index contributed by atoms with van der Waals surface area (Å²) in [5.74, 6) is -2.23. The van der Waals surface area contributed by atoms with Gasteiger partial charge in [0.25, 0.3) is 17.7 Å². The third-order valence-electron chi connectivity index (χ3n) is 6.06. The molecule has 224 valence electrons. The number of rotatable bonds is 12. The summed E-state index contributed by atoms with van der Waals surface area (Å²) in [6.45, 7) is 1.53. The maximum Gasteiger partial charge on any atom is 0.352 e. The van der Waals surface area contributed by atoms with E-state index < -0.39 is 35.1 Å². The third kappa shape index (κ3) is 6.62. The molecule has 16 nitrogen and oxygen atoms in total. The van der Waals surface area contributed by atoms with E-state index in [1.54, 1.807) is 31.2 Å². The number of carboxylic acids is 1. The molecule has 0 bridgehead atoms. The predicted octanol–water partition coefficient (Wildman–Crippen LogP) is 0.821. The largest absolute Gasteiger partial charge is 0.484 e. The second-order valence-corrected chi connectivity index (χ2v) is 12.0. The topological polar surface area (TPSA) is 203 Å². The lowest BCUT2D eigenvalue weighted by atomic mass is 10.0. The Morgan fingerprint density at radius 3 is 2.77 bits per heavy atom. The number of aliphatic carboxylic acids is 1. The standard InChI is InChI=1S/C24H23N9O7S3/c1-12(43-33-26-11-25-31-33)14-9-41-22-18(21(36)32(22)19(14)23(37)38)29-20(35)17(30-39-2)15-10-42-24(27-15)28-16(34)8-40-13-6-4-3-5-7-13/h3-7,10-12,18,22H,8-9H2,1-2H3,(H,29,35)(H,37,38)(H,27,28,34)/t12?,18-,22+/m1/s1. The number of β-lactam (4-membered cyclic amide) rings is 1. The molecule has 2 aliphatic heterocycles. The average Bonchev–Trinajstić information content (AvgIpc) is 3.69. The minimum atomic E-state index is -1.26. The van der Waals surface area contributed by atoms with Gasteiger partial charge in [-0.1, -0.05) is 23.4 Å². The molecule has 3 atom stereocenters. The number of benzene rings is 1. The lowest BCUT2D eigenvalue weighted by molar-refractivity contribution is -0.150. The van der Waals surface area contributed by atoms with Crippen LogP contribution >= 0.6 is 35.0 Å². The van der Waals surface area contributed by atoms with Crippen LogP contribution in [0.25, 0.3) is 0 Å². The SMILES string of the molecule is CON=C(C(=O)N[C@@H]1C(=O)N2C(C(=O)O)=C(C(C)Sn3ncnn3)CS[C@@H]12)c1csc(NC(=O)COc2ccccc2)n1. The number of carbonyl (C=O) groups excluding carboxylic acids is 3. The molecule has 3 N–H and O–H groups in total. The number of ether oxygens (including phenoxy) is 1. The van der Waals surface area contributed by atoms with Crippen molar-refractivity contribution in [1.82, 2.24) is 34.8 Å². The zero-order chi connectivity index (χ0) is 30.5. The Labute approximate surface area is 256 Å². The van der Waals surface area contributed by atoms with Gasteiger partial charge in [-0.15, -0.1) is 37.5 Å². The highest BCUT2D eigenvalue weighted by Gasteiger charge is 2.55. The first-order valence-electron chi connectivity index (χ1n) is 12.4. The quantitative estimate of drug-likeness (QED) is 0.142. The van der Waals surface area contributed by atoms with Crippen LogP contribution in [0.15, 0.2) is 58.5 Å². The first-order valence-corrected chi connectivity index (χ1v) is 15.2. The van der Waals surface area contributed by atoms with Crippen molar-refractivity contribution < 1.29 is 33.9 Å². The average molecular weight is 646 g/mol. The van der Waals surface area contributed by atoms with Crippen LogP contribution in [0.3, 0.4) is 0 Å². The van der Waals surface area contributed by atoms with E-state index in [-0.39, 0.29) is 34.1 Å². The maximum absolute atomic E-state index is 13.2. The van der Waals surface area contributed by atoms with Crippen molar-refractivity contribution in [2.75, 3.05) is 24.8 Å². The van der Waals surface area contributed by atoms with E-state index in [4.69, 9.17) is 9.57 Å². The predicted molar refractivity (Wildman–Crippen MR) is 156 cm³/mol. The van der Waals surface area contributed by atoms with Crippen LogP contribution < -0.4 is 15.4 Å². The van der Waals surface area contributed by atoms with Crippen LogP contribution in [-0.4, -0.2) is 100 Å². The Bertz CT molecular complexity index is 1580. The van der Waals surface area contributed by atoms with E-state index in [2.05, 4.69) is 36.2 Å². The molecule has 1 unspecified atom stereocenters. The van der Waals surface area contributed by atoms with Gasteiger partial charge in [0.05, 0.1) is 0 Å². The van der Waals surface area contributed by atoms with E-state index in [0.717, 1.165) is 23.3 Å². The van der Waals surface area contributed by atoms with Gasteiger partial charge in [0.2, 0.25) is 0 Å². The molecule has 4 heterocycles. The molecule has 43 heavy (non-hydrogen) atoms. The van der Waals surface area contributed by atoms with Crippen LogP contribution in [0.1, 0.15) is 12.6 Å². The van der Waals surface area contributed by atoms with Crippen molar-refractivity contribution >= 4 is 69.6 Å². The van der Waals surface area contributed by atoms with Crippen molar-refractivity contribution in [1.29, 1.82) is 0 Å². The number of anilines is 1. The minimum absolute atomic E-state index is 0.101. The van der Waals surface area contributed by atoms with Gasteiger partial charge >= 0.3 is 5.97 Å². The summed E-state index contributed by atoms with van der Waals surface area (Å²) in [6, 6.07) is 7.81. The van der Waals surface area contributed by atoms with E-state index >= 15 is 0 Å². The monoisotopic (exact) mass is 645 g/mol. The first-order chi connectivity index (χ1) is 20.8. The number of hydrogen-bond donors (Lipinski definition) is 3. The molecular weight excluding hydrogens is 623 g/mol. The number of fused-ring (bicyclic) bond motifs is 1. The van der Waals surface area contributed by atoms with Crippen LogP contribution in [-0.2, 0) is 24.0 Å². The van der Waals surface area contributed by atoms with Crippen molar-refractivity contribution in [2.24, 2.45) is 5.16 Å². The molecule has 5 rings (SSSR count). The molecule has 2 aliphatic rings. The summed E-state index contributed by atoms with van der Waals surface area (Å²) < 4.78 is 6.68. The molecule has 3 amide bonds. The van der Waals surface area contributed by atoms with E-state index in [0.29, 0.717) is 17.1 Å². The molecule has 3 aromatic rings. The van der Waals surface area contributed by atoms with Gasteiger partial charge in [-0.2, -0.15) is 0 Å². The highest BCUT2D eigenvalue weighted by Crippen LogP contribution is 2.42. The van der Waals surface area contributed by atoms with E-state index in [1.165, 1.54) is 39.7 Å². The minimum Gasteiger partial charge on any atom is -0.484 e. The van der Waals surface area contributed by atoms with Crippen molar-refractivity contribution in [3.8, 4) is 5.75 Å². The number of nitrogens with zero attached hydrogens (tertiary/aromatic N) is 7. The van der Waals surface area contributed by atoms with Gasteiger partial charge < -0.3 is 20.0 Å². The molecule has 1 saturated heterocycles. The van der Waals surface area contributed by atoms with Crippen molar-refractivity contribution in [2.45, 2.75) is 23.6 Å². The summed E-state index contributed by atoms with van der Waals surface area (Å²) in [6.07, 6.45) is 1.26.